The lowest BCUT2D eigenvalue weighted by atomic mass is 10.2. The van der Waals surface area contributed by atoms with Crippen molar-refractivity contribution >= 4 is 32.9 Å². The van der Waals surface area contributed by atoms with E-state index >= 15 is 0 Å². The first kappa shape index (κ1) is 18.3. The van der Waals surface area contributed by atoms with Crippen molar-refractivity contribution in [3.05, 3.63) is 40.9 Å². The summed E-state index contributed by atoms with van der Waals surface area (Å²) in [5, 5.41) is 0. The van der Waals surface area contributed by atoms with Gasteiger partial charge in [0.1, 0.15) is 5.82 Å². The van der Waals surface area contributed by atoms with Gasteiger partial charge in [0.05, 0.1) is 29.2 Å². The topological polar surface area (TPSA) is 73.4 Å². The Hall–Kier alpha value is -2.54. The Morgan fingerprint density at radius 1 is 1.31 bits per heavy atom. The van der Waals surface area contributed by atoms with Gasteiger partial charge in [0, 0.05) is 5.56 Å². The highest BCUT2D eigenvalue weighted by molar-refractivity contribution is 9.10. The Kier molecular flexibility index (Phi) is 5.46. The van der Waals surface area contributed by atoms with Crippen LogP contribution in [-0.4, -0.2) is 35.8 Å². The second-order valence-corrected chi connectivity index (χ2v) is 6.46. The normalized spacial score (nSPS) is 12.0. The Balaban J connectivity index is 2.01. The van der Waals surface area contributed by atoms with Crippen LogP contribution in [0.5, 0.6) is 11.5 Å². The van der Waals surface area contributed by atoms with E-state index in [4.69, 9.17) is 14.2 Å². The number of rotatable bonds is 6. The molecule has 0 saturated carbocycles. The molecule has 0 saturated heterocycles. The molecule has 0 amide bonds. The van der Waals surface area contributed by atoms with Crippen molar-refractivity contribution in [2.45, 2.75) is 20.0 Å². The predicted octanol–water partition coefficient (Wildman–Crippen LogP) is 4.33. The highest BCUT2D eigenvalue weighted by atomic mass is 79.9. The number of methoxy groups -OCH3 is 1. The molecule has 26 heavy (non-hydrogen) atoms. The SMILES string of the molecule is CCOc1cc(-c2nc3ccccc3[nH]2)cc(Br)c1OC(C)C(=O)OC. The molecule has 3 aromatic rings. The molecule has 3 rings (SSSR count). The molecule has 0 aliphatic heterocycles. The highest BCUT2D eigenvalue weighted by Gasteiger charge is 2.21. The fourth-order valence-electron chi connectivity index (χ4n) is 2.56. The van der Waals surface area contributed by atoms with Crippen molar-refractivity contribution in [3.8, 4) is 22.9 Å². The van der Waals surface area contributed by atoms with Crippen molar-refractivity contribution in [1.82, 2.24) is 9.97 Å². The quantitative estimate of drug-likeness (QED) is 0.602. The average Bonchev–Trinajstić information content (AvgIpc) is 3.07. The summed E-state index contributed by atoms with van der Waals surface area (Å²) in [5.41, 5.74) is 2.68. The molecule has 0 radical (unpaired) electrons. The molecule has 6 nitrogen and oxygen atoms in total. The Labute approximate surface area is 159 Å². The number of hydrogen-bond acceptors (Lipinski definition) is 5. The summed E-state index contributed by atoms with van der Waals surface area (Å²) < 4.78 is 16.9. The standard InChI is InChI=1S/C19H19BrN2O4/c1-4-25-16-10-12(18-21-14-7-5-6-8-15(14)22-18)9-13(20)17(16)26-11(2)19(23)24-3/h5-11H,4H2,1-3H3,(H,21,22). The number of carbonyl (C=O) groups is 1. The van der Waals surface area contributed by atoms with E-state index in [1.54, 1.807) is 6.92 Å². The number of fused-ring (bicyclic) bond motifs is 1. The van der Waals surface area contributed by atoms with Gasteiger partial charge in [0.15, 0.2) is 17.6 Å². The minimum absolute atomic E-state index is 0.449. The number of nitrogens with one attached hydrogen (secondary N) is 1. The van der Waals surface area contributed by atoms with E-state index in [9.17, 15) is 4.79 Å². The molecule has 1 N–H and O–H groups in total. The first-order valence-corrected chi connectivity index (χ1v) is 8.98. The zero-order valence-electron chi connectivity index (χ0n) is 14.7. The molecule has 136 valence electrons. The number of para-hydroxylation sites is 2. The maximum Gasteiger partial charge on any atom is 0.346 e. The third kappa shape index (κ3) is 3.67. The summed E-state index contributed by atoms with van der Waals surface area (Å²) >= 11 is 3.51. The van der Waals surface area contributed by atoms with Crippen molar-refractivity contribution in [2.75, 3.05) is 13.7 Å². The van der Waals surface area contributed by atoms with Gasteiger partial charge in [0.25, 0.3) is 0 Å². The highest BCUT2D eigenvalue weighted by Crippen LogP contribution is 2.40. The van der Waals surface area contributed by atoms with Gasteiger partial charge < -0.3 is 19.2 Å². The minimum Gasteiger partial charge on any atom is -0.490 e. The predicted molar refractivity (Wildman–Crippen MR) is 103 cm³/mol. The van der Waals surface area contributed by atoms with Crippen molar-refractivity contribution in [2.24, 2.45) is 0 Å². The number of H-pyrrole nitrogens is 1. The molecule has 0 bridgehead atoms. The molecule has 1 heterocycles. The molecule has 0 aliphatic rings. The number of aromatic nitrogens is 2. The van der Waals surface area contributed by atoms with Crippen LogP contribution in [0.4, 0.5) is 0 Å². The monoisotopic (exact) mass is 418 g/mol. The summed E-state index contributed by atoms with van der Waals surface area (Å²) in [4.78, 5) is 19.6. The molecular weight excluding hydrogens is 400 g/mol. The minimum atomic E-state index is -0.757. The molecule has 0 aliphatic carbocycles. The number of imidazole rings is 1. The van der Waals surface area contributed by atoms with Gasteiger partial charge in [-0.2, -0.15) is 0 Å². The van der Waals surface area contributed by atoms with E-state index < -0.39 is 12.1 Å². The fourth-order valence-corrected chi connectivity index (χ4v) is 3.10. The molecule has 0 spiro atoms. The van der Waals surface area contributed by atoms with Gasteiger partial charge in [-0.25, -0.2) is 9.78 Å². The zero-order valence-corrected chi connectivity index (χ0v) is 16.3. The van der Waals surface area contributed by atoms with Crippen LogP contribution in [0.1, 0.15) is 13.8 Å². The molecule has 1 atom stereocenters. The van der Waals surface area contributed by atoms with Crippen LogP contribution in [0, 0.1) is 0 Å². The van der Waals surface area contributed by atoms with Crippen molar-refractivity contribution < 1.29 is 19.0 Å². The van der Waals surface area contributed by atoms with Gasteiger partial charge >= 0.3 is 5.97 Å². The lowest BCUT2D eigenvalue weighted by Crippen LogP contribution is -2.25. The smallest absolute Gasteiger partial charge is 0.346 e. The Bertz CT molecular complexity index is 905. The molecule has 1 aromatic heterocycles. The fraction of sp³-hybridized carbons (Fsp3) is 0.263. The van der Waals surface area contributed by atoms with E-state index in [-0.39, 0.29) is 0 Å². The van der Waals surface area contributed by atoms with Crippen LogP contribution in [0.15, 0.2) is 40.9 Å². The maximum atomic E-state index is 11.7. The number of carbonyl (C=O) groups excluding carboxylic acids is 1. The second-order valence-electron chi connectivity index (χ2n) is 5.60. The zero-order chi connectivity index (χ0) is 18.7. The average molecular weight is 419 g/mol. The molecule has 7 heteroatoms. The summed E-state index contributed by atoms with van der Waals surface area (Å²) in [6.07, 6.45) is -0.757. The van der Waals surface area contributed by atoms with E-state index in [0.717, 1.165) is 22.4 Å². The third-order valence-corrected chi connectivity index (χ3v) is 4.39. The second kappa shape index (κ2) is 7.78. The van der Waals surface area contributed by atoms with Crippen LogP contribution in [-0.2, 0) is 9.53 Å². The number of nitrogens with zero attached hydrogens (tertiary/aromatic N) is 1. The van der Waals surface area contributed by atoms with Gasteiger partial charge in [-0.1, -0.05) is 12.1 Å². The molecule has 0 fully saturated rings. The van der Waals surface area contributed by atoms with Crippen LogP contribution in [0.3, 0.4) is 0 Å². The molecule has 2 aromatic carbocycles. The lowest BCUT2D eigenvalue weighted by Gasteiger charge is -2.18. The number of esters is 1. The number of benzene rings is 2. The van der Waals surface area contributed by atoms with Crippen LogP contribution in [0.2, 0.25) is 0 Å². The summed E-state index contributed by atoms with van der Waals surface area (Å²) in [6.45, 7) is 3.97. The van der Waals surface area contributed by atoms with E-state index in [2.05, 4.69) is 25.9 Å². The lowest BCUT2D eigenvalue weighted by molar-refractivity contribution is -0.147. The van der Waals surface area contributed by atoms with Gasteiger partial charge in [0.2, 0.25) is 0 Å². The first-order valence-electron chi connectivity index (χ1n) is 8.19. The summed E-state index contributed by atoms with van der Waals surface area (Å²) in [6, 6.07) is 11.5. The van der Waals surface area contributed by atoms with Crippen molar-refractivity contribution in [1.29, 1.82) is 0 Å². The van der Waals surface area contributed by atoms with E-state index in [0.29, 0.717) is 22.6 Å². The first-order chi connectivity index (χ1) is 12.5. The van der Waals surface area contributed by atoms with Crippen LogP contribution >= 0.6 is 15.9 Å². The number of aromatic amines is 1. The van der Waals surface area contributed by atoms with Crippen LogP contribution in [0.25, 0.3) is 22.4 Å². The van der Waals surface area contributed by atoms with E-state index in [1.165, 1.54) is 7.11 Å². The molecule has 1 unspecified atom stereocenters. The van der Waals surface area contributed by atoms with Gasteiger partial charge in [-0.3, -0.25) is 0 Å². The Morgan fingerprint density at radius 3 is 2.77 bits per heavy atom. The van der Waals surface area contributed by atoms with Gasteiger partial charge in [-0.15, -0.1) is 0 Å². The summed E-state index contributed by atoms with van der Waals surface area (Å²) in [5.74, 6) is 1.24. The maximum absolute atomic E-state index is 11.7. The Morgan fingerprint density at radius 2 is 2.08 bits per heavy atom. The number of halogens is 1. The number of hydrogen-bond donors (Lipinski definition) is 1. The van der Waals surface area contributed by atoms with Crippen LogP contribution < -0.4 is 9.47 Å². The largest absolute Gasteiger partial charge is 0.490 e. The summed E-state index contributed by atoms with van der Waals surface area (Å²) in [7, 11) is 1.32. The third-order valence-electron chi connectivity index (χ3n) is 3.80. The van der Waals surface area contributed by atoms with Gasteiger partial charge in [-0.05, 0) is 54.0 Å². The number of ether oxygens (including phenoxy) is 3. The van der Waals surface area contributed by atoms with Crippen molar-refractivity contribution in [3.63, 3.8) is 0 Å². The van der Waals surface area contributed by atoms with E-state index in [1.807, 2.05) is 43.3 Å². The molecular formula is C19H19BrN2O4.